The summed E-state index contributed by atoms with van der Waals surface area (Å²) in [5, 5.41) is 4.24. The fraction of sp³-hybridized carbons (Fsp3) is 0.200. The molecule has 0 aliphatic heterocycles. The Morgan fingerprint density at radius 1 is 1.06 bits per heavy atom. The average molecular weight is 325 g/mol. The highest BCUT2D eigenvalue weighted by Crippen LogP contribution is 2.22. The Hall–Kier alpha value is -0.990. The molecule has 0 amide bonds. The predicted molar refractivity (Wildman–Crippen MR) is 82.4 cm³/mol. The number of aryl methyl sites for hydroxylation is 2. The average Bonchev–Trinajstić information content (AvgIpc) is 2.32. The largest absolute Gasteiger partial charge is 0.381 e. The molecule has 1 nitrogen and oxygen atoms in total. The van der Waals surface area contributed by atoms with E-state index < -0.39 is 0 Å². The number of rotatable bonds is 3. The van der Waals surface area contributed by atoms with Crippen molar-refractivity contribution >= 4 is 33.2 Å². The van der Waals surface area contributed by atoms with E-state index >= 15 is 0 Å². The van der Waals surface area contributed by atoms with Gasteiger partial charge in [-0.25, -0.2) is 0 Å². The highest BCUT2D eigenvalue weighted by Gasteiger charge is 2.01. The lowest BCUT2D eigenvalue weighted by molar-refractivity contribution is 1.13. The maximum absolute atomic E-state index is 6.11. The summed E-state index contributed by atoms with van der Waals surface area (Å²) in [7, 11) is 0. The lowest BCUT2D eigenvalue weighted by atomic mass is 10.1. The van der Waals surface area contributed by atoms with Crippen LogP contribution in [0.4, 0.5) is 5.69 Å². The van der Waals surface area contributed by atoms with Crippen LogP contribution >= 0.6 is 27.5 Å². The van der Waals surface area contributed by atoms with Crippen LogP contribution in [0.2, 0.25) is 5.02 Å². The third-order valence-corrected chi connectivity index (χ3v) is 3.81. The summed E-state index contributed by atoms with van der Waals surface area (Å²) in [6.45, 7) is 4.89. The zero-order valence-corrected chi connectivity index (χ0v) is 12.8. The molecule has 0 fully saturated rings. The summed E-state index contributed by atoms with van der Waals surface area (Å²) < 4.78 is 1.10. The summed E-state index contributed by atoms with van der Waals surface area (Å²) in [5.41, 5.74) is 4.67. The quantitative estimate of drug-likeness (QED) is 0.804. The van der Waals surface area contributed by atoms with Crippen LogP contribution < -0.4 is 5.32 Å². The monoisotopic (exact) mass is 323 g/mol. The van der Waals surface area contributed by atoms with E-state index in [-0.39, 0.29) is 0 Å². The van der Waals surface area contributed by atoms with E-state index in [9.17, 15) is 0 Å². The van der Waals surface area contributed by atoms with Gasteiger partial charge in [-0.05, 0) is 54.8 Å². The molecule has 0 aromatic heterocycles. The van der Waals surface area contributed by atoms with Crippen molar-refractivity contribution in [3.05, 3.63) is 62.6 Å². The third-order valence-electron chi connectivity index (χ3n) is 2.91. The van der Waals surface area contributed by atoms with Crippen molar-refractivity contribution in [3.63, 3.8) is 0 Å². The fourth-order valence-corrected chi connectivity index (χ4v) is 2.45. The van der Waals surface area contributed by atoms with Crippen LogP contribution in [0.25, 0.3) is 0 Å². The van der Waals surface area contributed by atoms with Crippen LogP contribution in [0, 0.1) is 13.8 Å². The van der Waals surface area contributed by atoms with E-state index in [1.807, 2.05) is 25.1 Å². The van der Waals surface area contributed by atoms with Gasteiger partial charge in [0.15, 0.2) is 0 Å². The summed E-state index contributed by atoms with van der Waals surface area (Å²) in [6.07, 6.45) is 0. The van der Waals surface area contributed by atoms with E-state index in [2.05, 4.69) is 46.4 Å². The number of nitrogens with one attached hydrogen (secondary N) is 1. The normalized spacial score (nSPS) is 10.4. The van der Waals surface area contributed by atoms with Crippen LogP contribution in [0.15, 0.2) is 40.9 Å². The maximum Gasteiger partial charge on any atom is 0.0438 e. The number of halogens is 2. The van der Waals surface area contributed by atoms with Crippen molar-refractivity contribution in [2.45, 2.75) is 20.4 Å². The second-order valence-electron chi connectivity index (χ2n) is 4.40. The number of benzene rings is 2. The summed E-state index contributed by atoms with van der Waals surface area (Å²) in [6, 6.07) is 12.4. The summed E-state index contributed by atoms with van der Waals surface area (Å²) >= 11 is 9.58. The lowest BCUT2D eigenvalue weighted by Gasteiger charge is -2.10. The zero-order valence-electron chi connectivity index (χ0n) is 10.4. The maximum atomic E-state index is 6.11. The van der Waals surface area contributed by atoms with Gasteiger partial charge in [0.2, 0.25) is 0 Å². The van der Waals surface area contributed by atoms with Crippen molar-refractivity contribution in [1.82, 2.24) is 0 Å². The Morgan fingerprint density at radius 3 is 2.50 bits per heavy atom. The molecule has 1 N–H and O–H groups in total. The molecule has 0 radical (unpaired) electrons. The first-order valence-electron chi connectivity index (χ1n) is 5.81. The topological polar surface area (TPSA) is 12.0 Å². The standard InChI is InChI=1S/C15H15BrClN/c1-10-3-4-12(8-14(10)17)9-18-15-6-5-13(16)7-11(15)2/h3-8,18H,9H2,1-2H3. The third kappa shape index (κ3) is 3.27. The molecule has 0 saturated carbocycles. The molecule has 0 atom stereocenters. The van der Waals surface area contributed by atoms with Crippen LogP contribution in [-0.2, 0) is 6.54 Å². The first-order valence-corrected chi connectivity index (χ1v) is 6.98. The van der Waals surface area contributed by atoms with Crippen LogP contribution in [0.3, 0.4) is 0 Å². The van der Waals surface area contributed by atoms with Gasteiger partial charge in [-0.1, -0.05) is 39.7 Å². The zero-order chi connectivity index (χ0) is 13.1. The Bertz CT molecular complexity index is 566. The van der Waals surface area contributed by atoms with Crippen LogP contribution in [0.1, 0.15) is 16.7 Å². The highest BCUT2D eigenvalue weighted by molar-refractivity contribution is 9.10. The van der Waals surface area contributed by atoms with Gasteiger partial charge in [0, 0.05) is 21.7 Å². The molecule has 0 bridgehead atoms. The molecular formula is C15H15BrClN. The summed E-state index contributed by atoms with van der Waals surface area (Å²) in [4.78, 5) is 0. The molecule has 0 unspecified atom stereocenters. The molecule has 2 aromatic carbocycles. The van der Waals surface area contributed by atoms with Gasteiger partial charge in [0.1, 0.15) is 0 Å². The minimum atomic E-state index is 0.780. The Labute approximate surface area is 121 Å². The molecule has 2 aromatic rings. The van der Waals surface area contributed by atoms with Crippen molar-refractivity contribution in [3.8, 4) is 0 Å². The summed E-state index contributed by atoms with van der Waals surface area (Å²) in [5.74, 6) is 0. The van der Waals surface area contributed by atoms with Crippen LogP contribution in [-0.4, -0.2) is 0 Å². The second-order valence-corrected chi connectivity index (χ2v) is 5.72. The van der Waals surface area contributed by atoms with E-state index in [0.717, 1.165) is 27.3 Å². The first-order chi connectivity index (χ1) is 8.56. The smallest absolute Gasteiger partial charge is 0.0438 e. The Morgan fingerprint density at radius 2 is 1.83 bits per heavy atom. The Kier molecular flexibility index (Phi) is 4.31. The molecule has 0 aliphatic rings. The van der Waals surface area contributed by atoms with E-state index in [1.165, 1.54) is 11.1 Å². The molecule has 0 saturated heterocycles. The first kappa shape index (κ1) is 13.4. The van der Waals surface area contributed by atoms with Gasteiger partial charge >= 0.3 is 0 Å². The molecule has 0 spiro atoms. The minimum Gasteiger partial charge on any atom is -0.381 e. The van der Waals surface area contributed by atoms with E-state index in [0.29, 0.717) is 0 Å². The molecular weight excluding hydrogens is 310 g/mol. The van der Waals surface area contributed by atoms with Gasteiger partial charge < -0.3 is 5.32 Å². The molecule has 18 heavy (non-hydrogen) atoms. The number of anilines is 1. The molecule has 2 rings (SSSR count). The van der Waals surface area contributed by atoms with Gasteiger partial charge in [-0.3, -0.25) is 0 Å². The van der Waals surface area contributed by atoms with Crippen molar-refractivity contribution < 1.29 is 0 Å². The Balaban J connectivity index is 2.09. The van der Waals surface area contributed by atoms with Gasteiger partial charge in [0.25, 0.3) is 0 Å². The van der Waals surface area contributed by atoms with Gasteiger partial charge in [-0.2, -0.15) is 0 Å². The lowest BCUT2D eigenvalue weighted by Crippen LogP contribution is -2.01. The minimum absolute atomic E-state index is 0.780. The fourth-order valence-electron chi connectivity index (χ4n) is 1.77. The van der Waals surface area contributed by atoms with Crippen molar-refractivity contribution in [2.24, 2.45) is 0 Å². The predicted octanol–water partition coefficient (Wildman–Crippen LogP) is 5.33. The van der Waals surface area contributed by atoms with Crippen LogP contribution in [0.5, 0.6) is 0 Å². The van der Waals surface area contributed by atoms with Gasteiger partial charge in [0.05, 0.1) is 0 Å². The van der Waals surface area contributed by atoms with E-state index in [4.69, 9.17) is 11.6 Å². The second kappa shape index (κ2) is 5.77. The van der Waals surface area contributed by atoms with Crippen molar-refractivity contribution in [2.75, 3.05) is 5.32 Å². The molecule has 94 valence electrons. The molecule has 3 heteroatoms. The number of hydrogen-bond donors (Lipinski definition) is 1. The molecule has 0 heterocycles. The number of hydrogen-bond acceptors (Lipinski definition) is 1. The SMILES string of the molecule is Cc1ccc(CNc2ccc(Br)cc2C)cc1Cl. The van der Waals surface area contributed by atoms with Crippen molar-refractivity contribution in [1.29, 1.82) is 0 Å². The van der Waals surface area contributed by atoms with Gasteiger partial charge in [-0.15, -0.1) is 0 Å². The van der Waals surface area contributed by atoms with E-state index in [1.54, 1.807) is 0 Å². The molecule has 0 aliphatic carbocycles. The highest BCUT2D eigenvalue weighted by atomic mass is 79.9.